The molecule has 8 heteroatoms. The van der Waals surface area contributed by atoms with Gasteiger partial charge in [0.25, 0.3) is 5.91 Å². The lowest BCUT2D eigenvalue weighted by Crippen LogP contribution is -2.16. The number of nitrogens with zero attached hydrogens (tertiary/aromatic N) is 2. The summed E-state index contributed by atoms with van der Waals surface area (Å²) in [6.07, 6.45) is 3.37. The molecule has 144 valence electrons. The van der Waals surface area contributed by atoms with Crippen LogP contribution < -0.4 is 15.4 Å². The molecule has 2 aromatic carbocycles. The number of amides is 1. The third-order valence-corrected chi connectivity index (χ3v) is 3.94. The van der Waals surface area contributed by atoms with Crippen LogP contribution in [0.5, 0.6) is 5.75 Å². The van der Waals surface area contributed by atoms with Gasteiger partial charge in [-0.3, -0.25) is 4.79 Å². The maximum atomic E-state index is 13.6. The molecule has 0 aliphatic carbocycles. The van der Waals surface area contributed by atoms with E-state index in [1.54, 1.807) is 7.11 Å². The summed E-state index contributed by atoms with van der Waals surface area (Å²) < 4.78 is 32.4. The van der Waals surface area contributed by atoms with Gasteiger partial charge < -0.3 is 15.4 Å². The van der Waals surface area contributed by atoms with Gasteiger partial charge in [0.05, 0.1) is 19.5 Å². The molecule has 0 unspecified atom stereocenters. The quantitative estimate of drug-likeness (QED) is 0.650. The van der Waals surface area contributed by atoms with Gasteiger partial charge in [0, 0.05) is 6.54 Å². The van der Waals surface area contributed by atoms with E-state index in [4.69, 9.17) is 4.74 Å². The van der Waals surface area contributed by atoms with Crippen LogP contribution in [0.1, 0.15) is 16.1 Å². The van der Waals surface area contributed by atoms with Crippen molar-refractivity contribution < 1.29 is 18.3 Å². The van der Waals surface area contributed by atoms with Crippen LogP contribution >= 0.6 is 0 Å². The third kappa shape index (κ3) is 4.79. The molecule has 1 heterocycles. The number of rotatable bonds is 7. The molecule has 0 radical (unpaired) electrons. The second-order valence-electron chi connectivity index (χ2n) is 5.87. The first-order chi connectivity index (χ1) is 13.6. The summed E-state index contributed by atoms with van der Waals surface area (Å²) >= 11 is 0. The van der Waals surface area contributed by atoms with Gasteiger partial charge >= 0.3 is 0 Å². The fourth-order valence-electron chi connectivity index (χ4n) is 2.49. The summed E-state index contributed by atoms with van der Waals surface area (Å²) in [5.74, 6) is -1.20. The van der Waals surface area contributed by atoms with Crippen molar-refractivity contribution in [1.29, 1.82) is 0 Å². The monoisotopic (exact) mass is 384 g/mol. The van der Waals surface area contributed by atoms with E-state index in [0.29, 0.717) is 12.4 Å². The molecule has 28 heavy (non-hydrogen) atoms. The van der Waals surface area contributed by atoms with E-state index in [-0.39, 0.29) is 5.69 Å². The van der Waals surface area contributed by atoms with E-state index in [1.165, 1.54) is 18.5 Å². The molecular formula is C20H18F2N4O2. The molecule has 0 aliphatic heterocycles. The average molecular weight is 384 g/mol. The van der Waals surface area contributed by atoms with Crippen molar-refractivity contribution in [2.75, 3.05) is 24.3 Å². The van der Waals surface area contributed by atoms with Crippen LogP contribution in [0, 0.1) is 11.6 Å². The van der Waals surface area contributed by atoms with Crippen molar-refractivity contribution in [3.63, 3.8) is 0 Å². The van der Waals surface area contributed by atoms with E-state index in [1.807, 2.05) is 24.3 Å². The van der Waals surface area contributed by atoms with Gasteiger partial charge in [-0.25, -0.2) is 18.7 Å². The zero-order valence-electron chi connectivity index (χ0n) is 15.1. The van der Waals surface area contributed by atoms with E-state index in [2.05, 4.69) is 20.6 Å². The van der Waals surface area contributed by atoms with Crippen molar-refractivity contribution >= 4 is 17.4 Å². The Kier molecular flexibility index (Phi) is 6.11. The van der Waals surface area contributed by atoms with Gasteiger partial charge in [0.15, 0.2) is 0 Å². The normalized spacial score (nSPS) is 10.4. The minimum Gasteiger partial charge on any atom is -0.497 e. The largest absolute Gasteiger partial charge is 0.497 e. The number of ether oxygens (including phenoxy) is 1. The number of benzene rings is 2. The Bertz CT molecular complexity index is 944. The van der Waals surface area contributed by atoms with Crippen molar-refractivity contribution in [3.8, 4) is 5.75 Å². The second kappa shape index (κ2) is 8.90. The SMILES string of the molecule is COc1cccc(CCNc2cnc(C(=O)Nc3c(F)cccc3F)cn2)c1. The lowest BCUT2D eigenvalue weighted by Gasteiger charge is -2.08. The molecular weight excluding hydrogens is 366 g/mol. The Morgan fingerprint density at radius 1 is 1.07 bits per heavy atom. The van der Waals surface area contributed by atoms with Gasteiger partial charge in [0.1, 0.15) is 34.6 Å². The zero-order valence-corrected chi connectivity index (χ0v) is 15.1. The number of hydrogen-bond donors (Lipinski definition) is 2. The van der Waals surface area contributed by atoms with E-state index in [0.717, 1.165) is 29.9 Å². The summed E-state index contributed by atoms with van der Waals surface area (Å²) in [5, 5.41) is 5.26. The number of para-hydroxylation sites is 1. The molecule has 0 aliphatic rings. The summed E-state index contributed by atoms with van der Waals surface area (Å²) in [4.78, 5) is 20.2. The number of carbonyl (C=O) groups is 1. The van der Waals surface area contributed by atoms with Crippen molar-refractivity contribution in [1.82, 2.24) is 9.97 Å². The highest BCUT2D eigenvalue weighted by atomic mass is 19.1. The van der Waals surface area contributed by atoms with Crippen LogP contribution in [0.3, 0.4) is 0 Å². The van der Waals surface area contributed by atoms with Crippen LogP contribution in [0.25, 0.3) is 0 Å². The van der Waals surface area contributed by atoms with Gasteiger partial charge in [-0.15, -0.1) is 0 Å². The number of anilines is 2. The van der Waals surface area contributed by atoms with Crippen LogP contribution in [0.15, 0.2) is 54.9 Å². The van der Waals surface area contributed by atoms with Crippen molar-refractivity contribution in [2.45, 2.75) is 6.42 Å². The highest BCUT2D eigenvalue weighted by Crippen LogP contribution is 2.18. The van der Waals surface area contributed by atoms with Gasteiger partial charge in [-0.2, -0.15) is 0 Å². The fourth-order valence-corrected chi connectivity index (χ4v) is 2.49. The van der Waals surface area contributed by atoms with E-state index in [9.17, 15) is 13.6 Å². The molecule has 2 N–H and O–H groups in total. The first-order valence-corrected chi connectivity index (χ1v) is 8.51. The number of hydrogen-bond acceptors (Lipinski definition) is 5. The van der Waals surface area contributed by atoms with Gasteiger partial charge in [-0.1, -0.05) is 18.2 Å². The van der Waals surface area contributed by atoms with Crippen LogP contribution in [-0.2, 0) is 6.42 Å². The third-order valence-electron chi connectivity index (χ3n) is 3.94. The standard InChI is InChI=1S/C20H18F2N4O2/c1-28-14-5-2-4-13(10-14)8-9-23-18-12-24-17(11-25-18)20(27)26-19-15(21)6-3-7-16(19)22/h2-7,10-12H,8-9H2,1H3,(H,23,25)(H,26,27). The summed E-state index contributed by atoms with van der Waals surface area (Å²) in [6, 6.07) is 11.1. The predicted octanol–water partition coefficient (Wildman–Crippen LogP) is 3.67. The maximum absolute atomic E-state index is 13.6. The molecule has 3 rings (SSSR count). The Hall–Kier alpha value is -3.55. The molecule has 1 amide bonds. The highest BCUT2D eigenvalue weighted by Gasteiger charge is 2.14. The summed E-state index contributed by atoms with van der Waals surface area (Å²) in [7, 11) is 1.62. The van der Waals surface area contributed by atoms with Crippen molar-refractivity contribution in [3.05, 3.63) is 77.8 Å². The highest BCUT2D eigenvalue weighted by molar-refractivity contribution is 6.02. The first kappa shape index (κ1) is 19.2. The molecule has 0 saturated carbocycles. The van der Waals surface area contributed by atoms with E-state index < -0.39 is 23.2 Å². The van der Waals surface area contributed by atoms with Crippen LogP contribution in [-0.4, -0.2) is 29.5 Å². The molecule has 6 nitrogen and oxygen atoms in total. The van der Waals surface area contributed by atoms with Gasteiger partial charge in [-0.05, 0) is 36.2 Å². The Morgan fingerprint density at radius 2 is 1.82 bits per heavy atom. The smallest absolute Gasteiger partial charge is 0.276 e. The van der Waals surface area contributed by atoms with Crippen molar-refractivity contribution in [2.24, 2.45) is 0 Å². The Balaban J connectivity index is 1.56. The minimum atomic E-state index is -0.864. The van der Waals surface area contributed by atoms with Gasteiger partial charge in [0.2, 0.25) is 0 Å². The number of nitrogens with one attached hydrogen (secondary N) is 2. The average Bonchev–Trinajstić information content (AvgIpc) is 2.71. The molecule has 3 aromatic rings. The molecule has 0 atom stereocenters. The number of aromatic nitrogens is 2. The first-order valence-electron chi connectivity index (χ1n) is 8.51. The molecule has 1 aromatic heterocycles. The number of halogens is 2. The Labute approximate surface area is 160 Å². The summed E-state index contributed by atoms with van der Waals surface area (Å²) in [6.45, 7) is 0.605. The number of carbonyl (C=O) groups excluding carboxylic acids is 1. The summed E-state index contributed by atoms with van der Waals surface area (Å²) in [5.41, 5.74) is 0.526. The maximum Gasteiger partial charge on any atom is 0.276 e. The molecule has 0 fully saturated rings. The lowest BCUT2D eigenvalue weighted by molar-refractivity contribution is 0.102. The topological polar surface area (TPSA) is 76.1 Å². The predicted molar refractivity (Wildman–Crippen MR) is 102 cm³/mol. The molecule has 0 saturated heterocycles. The molecule has 0 spiro atoms. The minimum absolute atomic E-state index is 0.0546. The zero-order chi connectivity index (χ0) is 19.9. The van der Waals surface area contributed by atoms with Crippen LogP contribution in [0.2, 0.25) is 0 Å². The number of methoxy groups -OCH3 is 1. The van der Waals surface area contributed by atoms with E-state index >= 15 is 0 Å². The Morgan fingerprint density at radius 3 is 2.50 bits per heavy atom. The second-order valence-corrected chi connectivity index (χ2v) is 5.87. The molecule has 0 bridgehead atoms. The lowest BCUT2D eigenvalue weighted by atomic mass is 10.1. The fraction of sp³-hybridized carbons (Fsp3) is 0.150. The van der Waals surface area contributed by atoms with Crippen LogP contribution in [0.4, 0.5) is 20.3 Å².